The number of hydrogen-bond donors (Lipinski definition) is 4. The molecule has 61 heavy (non-hydrogen) atoms. The number of fused-ring (bicyclic) bond motifs is 2. The summed E-state index contributed by atoms with van der Waals surface area (Å²) in [7, 11) is 0. The highest BCUT2D eigenvalue weighted by atomic mass is 16.3. The van der Waals surface area contributed by atoms with E-state index < -0.39 is 41.5 Å². The Labute approximate surface area is 357 Å². The molecule has 8 aromatic carbocycles. The number of carbonyl (C=O) groups is 2. The molecule has 0 aliphatic heterocycles. The third-order valence-corrected chi connectivity index (χ3v) is 11.9. The van der Waals surface area contributed by atoms with E-state index in [1.54, 1.807) is 0 Å². The number of nitrogens with one attached hydrogen (secondary N) is 2. The van der Waals surface area contributed by atoms with Crippen molar-refractivity contribution >= 4 is 33.4 Å². The number of rotatable bonds is 12. The summed E-state index contributed by atoms with van der Waals surface area (Å²) < 4.78 is 0. The van der Waals surface area contributed by atoms with Crippen LogP contribution >= 0.6 is 0 Å². The molecule has 0 saturated heterocycles. The molecule has 0 bridgehead atoms. The Hall–Kier alpha value is -6.86. The van der Waals surface area contributed by atoms with Crippen LogP contribution in [-0.4, -0.2) is 22.0 Å². The average molecular weight is 803 g/mol. The highest BCUT2D eigenvalue weighted by Crippen LogP contribution is 2.44. The normalized spacial score (nSPS) is 12.8. The smallest absolute Gasteiger partial charge is 0.230 e. The van der Waals surface area contributed by atoms with E-state index in [1.165, 1.54) is 0 Å². The van der Waals surface area contributed by atoms with Crippen molar-refractivity contribution in [1.29, 1.82) is 0 Å². The van der Waals surface area contributed by atoms with E-state index in [1.807, 2.05) is 210 Å². The minimum absolute atomic E-state index is 0.579. The van der Waals surface area contributed by atoms with Crippen molar-refractivity contribution in [3.63, 3.8) is 0 Å². The highest BCUT2D eigenvalue weighted by molar-refractivity contribution is 5.97. The van der Waals surface area contributed by atoms with Gasteiger partial charge in [0.2, 0.25) is 11.8 Å². The molecule has 8 rings (SSSR count). The summed E-state index contributed by atoms with van der Waals surface area (Å²) in [6, 6.07) is 56.2. The van der Waals surface area contributed by atoms with Crippen LogP contribution in [0.3, 0.4) is 0 Å². The van der Waals surface area contributed by atoms with Crippen LogP contribution in [0, 0.1) is 27.7 Å². The maximum atomic E-state index is 14.5. The third kappa shape index (κ3) is 8.33. The summed E-state index contributed by atoms with van der Waals surface area (Å²) >= 11 is 0. The lowest BCUT2D eigenvalue weighted by molar-refractivity contribution is -0.132. The van der Waals surface area contributed by atoms with E-state index in [2.05, 4.69) is 10.6 Å². The van der Waals surface area contributed by atoms with Crippen LogP contribution in [0.2, 0.25) is 0 Å². The molecule has 0 saturated carbocycles. The lowest BCUT2D eigenvalue weighted by Crippen LogP contribution is -2.48. The fourth-order valence-electron chi connectivity index (χ4n) is 8.43. The lowest BCUT2D eigenvalue weighted by atomic mass is 9.76. The van der Waals surface area contributed by atoms with Gasteiger partial charge in [0, 0.05) is 0 Å². The van der Waals surface area contributed by atoms with E-state index >= 15 is 0 Å². The Kier molecular flexibility index (Phi) is 11.4. The number of hydrogen-bond acceptors (Lipinski definition) is 4. The monoisotopic (exact) mass is 802 g/mol. The summed E-state index contributed by atoms with van der Waals surface area (Å²) in [5.41, 5.74) is 4.27. The fraction of sp³-hybridized carbons (Fsp3) is 0.164. The number of amides is 2. The molecule has 2 atom stereocenters. The van der Waals surface area contributed by atoms with Crippen molar-refractivity contribution in [2.24, 2.45) is 0 Å². The Morgan fingerprint density at radius 1 is 0.410 bits per heavy atom. The highest BCUT2D eigenvalue weighted by Gasteiger charge is 2.44. The fourth-order valence-corrected chi connectivity index (χ4v) is 8.43. The molecule has 0 aliphatic carbocycles. The van der Waals surface area contributed by atoms with Gasteiger partial charge in [-0.15, -0.1) is 0 Å². The molecule has 304 valence electrons. The quantitative estimate of drug-likeness (QED) is 0.0925. The molecular formula is C55H50N2O4. The molecule has 6 heteroatoms. The van der Waals surface area contributed by atoms with Gasteiger partial charge in [0.05, 0.1) is 12.1 Å². The Bertz CT molecular complexity index is 2540. The molecular weight excluding hydrogens is 753 g/mol. The standard InChI is InChI=1S/C55H50N2O4/c1-36-13-25-46(26-14-36)54(60,47-27-15-37(2)16-28-47)52(44-23-21-40-9-5-7-11-42(40)33-44)56-50(58)35-51(59)57-53(45-24-22-41-10-6-8-12-43(41)34-45)55(61,48-29-17-38(3)18-30-48)49-31-19-39(4)20-32-49/h5-34,52-53,60-61H,35H2,1-4H3,(H,56,58)(H,57,59)/t52-,53-/m1/s1. The van der Waals surface area contributed by atoms with Gasteiger partial charge in [-0.2, -0.15) is 0 Å². The number of aryl methyl sites for hydroxylation is 4. The average Bonchev–Trinajstić information content (AvgIpc) is 3.27. The second-order valence-corrected chi connectivity index (χ2v) is 16.4. The summed E-state index contributed by atoms with van der Waals surface area (Å²) in [6.45, 7) is 7.94. The van der Waals surface area contributed by atoms with Gasteiger partial charge in [0.15, 0.2) is 0 Å². The molecule has 8 aromatic rings. The maximum absolute atomic E-state index is 14.5. The molecule has 0 aromatic heterocycles. The molecule has 4 N–H and O–H groups in total. The Morgan fingerprint density at radius 3 is 0.984 bits per heavy atom. The summed E-state index contributed by atoms with van der Waals surface area (Å²) in [5, 5.41) is 36.6. The minimum atomic E-state index is -1.75. The van der Waals surface area contributed by atoms with Gasteiger partial charge < -0.3 is 20.8 Å². The predicted molar refractivity (Wildman–Crippen MR) is 245 cm³/mol. The molecule has 0 spiro atoms. The molecule has 0 fully saturated rings. The van der Waals surface area contributed by atoms with E-state index in [0.29, 0.717) is 33.4 Å². The topological polar surface area (TPSA) is 98.7 Å². The summed E-state index contributed by atoms with van der Waals surface area (Å²) in [6.07, 6.45) is -0.579. The van der Waals surface area contributed by atoms with Gasteiger partial charge >= 0.3 is 0 Å². The van der Waals surface area contributed by atoms with Crippen molar-refractivity contribution in [2.75, 3.05) is 0 Å². The van der Waals surface area contributed by atoms with E-state index in [0.717, 1.165) is 43.8 Å². The number of benzene rings is 8. The Morgan fingerprint density at radius 2 is 0.689 bits per heavy atom. The van der Waals surface area contributed by atoms with Crippen LogP contribution in [0.4, 0.5) is 0 Å². The van der Waals surface area contributed by atoms with Crippen molar-refractivity contribution < 1.29 is 19.8 Å². The minimum Gasteiger partial charge on any atom is -0.378 e. The van der Waals surface area contributed by atoms with Crippen LogP contribution in [-0.2, 0) is 20.8 Å². The zero-order valence-corrected chi connectivity index (χ0v) is 34.9. The van der Waals surface area contributed by atoms with Gasteiger partial charge in [-0.25, -0.2) is 0 Å². The molecule has 0 radical (unpaired) electrons. The third-order valence-electron chi connectivity index (χ3n) is 11.9. The van der Waals surface area contributed by atoms with Crippen LogP contribution < -0.4 is 10.6 Å². The van der Waals surface area contributed by atoms with Crippen molar-refractivity contribution in [2.45, 2.75) is 57.4 Å². The molecule has 6 nitrogen and oxygen atoms in total. The van der Waals surface area contributed by atoms with E-state index in [-0.39, 0.29) is 0 Å². The lowest BCUT2D eigenvalue weighted by Gasteiger charge is -2.39. The van der Waals surface area contributed by atoms with Gasteiger partial charge in [-0.05, 0) is 94.8 Å². The van der Waals surface area contributed by atoms with Gasteiger partial charge in [0.1, 0.15) is 17.6 Å². The number of aliphatic hydroxyl groups is 2. The second kappa shape index (κ2) is 17.0. The molecule has 0 unspecified atom stereocenters. The van der Waals surface area contributed by atoms with Crippen molar-refractivity contribution in [1.82, 2.24) is 10.6 Å². The predicted octanol–water partition coefficient (Wildman–Crippen LogP) is 10.5. The van der Waals surface area contributed by atoms with Crippen molar-refractivity contribution in [3.05, 3.63) is 238 Å². The van der Waals surface area contributed by atoms with Crippen LogP contribution in [0.1, 0.15) is 74.1 Å². The first-order valence-corrected chi connectivity index (χ1v) is 20.7. The number of carbonyl (C=O) groups excluding carboxylic acids is 2. The summed E-state index contributed by atoms with van der Waals surface area (Å²) in [4.78, 5) is 29.1. The van der Waals surface area contributed by atoms with Crippen molar-refractivity contribution in [3.8, 4) is 0 Å². The largest absolute Gasteiger partial charge is 0.378 e. The first-order chi connectivity index (χ1) is 29.4. The van der Waals surface area contributed by atoms with E-state index in [9.17, 15) is 19.8 Å². The zero-order chi connectivity index (χ0) is 42.7. The summed E-state index contributed by atoms with van der Waals surface area (Å²) in [5.74, 6) is -1.19. The SMILES string of the molecule is Cc1ccc(C(O)(c2ccc(C)cc2)[C@H](NC(=O)CC(=O)N[C@H](c2ccc3ccccc3c2)C(O)(c2ccc(C)cc2)c2ccc(C)cc2)c2ccc3ccccc3c2)cc1. The van der Waals surface area contributed by atoms with Crippen LogP contribution in [0.15, 0.2) is 182 Å². The van der Waals surface area contributed by atoms with E-state index in [4.69, 9.17) is 0 Å². The molecule has 0 heterocycles. The van der Waals surface area contributed by atoms with Crippen LogP contribution in [0.25, 0.3) is 21.5 Å². The molecule has 0 aliphatic rings. The van der Waals surface area contributed by atoms with Gasteiger partial charge in [-0.3, -0.25) is 9.59 Å². The maximum Gasteiger partial charge on any atom is 0.230 e. The molecule has 2 amide bonds. The first kappa shape index (κ1) is 40.9. The van der Waals surface area contributed by atoms with Gasteiger partial charge in [0.25, 0.3) is 0 Å². The van der Waals surface area contributed by atoms with Crippen LogP contribution in [0.5, 0.6) is 0 Å². The Balaban J connectivity index is 1.20. The first-order valence-electron chi connectivity index (χ1n) is 20.7. The second-order valence-electron chi connectivity index (χ2n) is 16.4. The zero-order valence-electron chi connectivity index (χ0n) is 34.9. The van der Waals surface area contributed by atoms with Gasteiger partial charge in [-0.1, -0.05) is 192 Å².